The first-order chi connectivity index (χ1) is 17.4. The second-order valence-corrected chi connectivity index (χ2v) is 11.4. The highest BCUT2D eigenvalue weighted by atomic mass is 32.2. The summed E-state index contributed by atoms with van der Waals surface area (Å²) in [5, 5.41) is 0.267. The highest BCUT2D eigenvalue weighted by Crippen LogP contribution is 2.24. The van der Waals surface area contributed by atoms with Crippen molar-refractivity contribution in [1.29, 1.82) is 0 Å². The fraction of sp³-hybridized carbons (Fsp3) is 0.407. The molecule has 36 heavy (non-hydrogen) atoms. The van der Waals surface area contributed by atoms with Crippen LogP contribution in [0, 0.1) is 0 Å². The van der Waals surface area contributed by atoms with Gasteiger partial charge in [0.2, 0.25) is 15.5 Å². The first kappa shape index (κ1) is 24.5. The lowest BCUT2D eigenvalue weighted by Crippen LogP contribution is -2.49. The number of hydrogen-bond acceptors (Lipinski definition) is 5. The number of aryl methyl sites for hydroxylation is 1. The number of carbonyl (C=O) groups is 1. The first-order valence-corrected chi connectivity index (χ1v) is 14.1. The summed E-state index contributed by atoms with van der Waals surface area (Å²) in [5.74, 6) is -0.305. The maximum atomic E-state index is 13.5. The number of hydrogen-bond donors (Lipinski definition) is 0. The SMILES string of the molecule is CCn1cc(C(=O)N2CCN(c3ccccc3)CC2)c(=O)c2cc(S(=O)(=O)N3CCCCC3)ccc21. The zero-order valence-electron chi connectivity index (χ0n) is 20.6. The van der Waals surface area contributed by atoms with Crippen LogP contribution in [0.15, 0.2) is 64.4 Å². The maximum Gasteiger partial charge on any atom is 0.259 e. The van der Waals surface area contributed by atoms with Gasteiger partial charge in [-0.2, -0.15) is 4.31 Å². The Morgan fingerprint density at radius 3 is 2.25 bits per heavy atom. The Balaban J connectivity index is 1.46. The molecule has 190 valence electrons. The minimum Gasteiger partial charge on any atom is -0.368 e. The molecule has 2 saturated heterocycles. The number of para-hydroxylation sites is 1. The number of carbonyl (C=O) groups excluding carboxylic acids is 1. The fourth-order valence-electron chi connectivity index (χ4n) is 5.18. The van der Waals surface area contributed by atoms with E-state index in [1.165, 1.54) is 10.4 Å². The number of amides is 1. The molecule has 0 aliphatic carbocycles. The maximum absolute atomic E-state index is 13.5. The Morgan fingerprint density at radius 1 is 0.889 bits per heavy atom. The van der Waals surface area contributed by atoms with Crippen molar-refractivity contribution in [3.63, 3.8) is 0 Å². The molecular weight excluding hydrogens is 476 g/mol. The van der Waals surface area contributed by atoms with Crippen molar-refractivity contribution >= 4 is 32.5 Å². The number of nitrogens with zero attached hydrogens (tertiary/aromatic N) is 4. The molecule has 0 bridgehead atoms. The summed E-state index contributed by atoms with van der Waals surface area (Å²) in [6.07, 6.45) is 4.32. The minimum atomic E-state index is -3.69. The van der Waals surface area contributed by atoms with E-state index in [0.29, 0.717) is 51.3 Å². The molecule has 1 aromatic heterocycles. The van der Waals surface area contributed by atoms with Crippen LogP contribution in [-0.4, -0.2) is 67.4 Å². The summed E-state index contributed by atoms with van der Waals surface area (Å²) in [4.78, 5) is 31.1. The van der Waals surface area contributed by atoms with Crippen LogP contribution in [0.25, 0.3) is 10.9 Å². The quantitative estimate of drug-likeness (QED) is 0.529. The summed E-state index contributed by atoms with van der Waals surface area (Å²) in [7, 11) is -3.69. The zero-order valence-corrected chi connectivity index (χ0v) is 21.4. The average molecular weight is 509 g/mol. The molecule has 2 fully saturated rings. The minimum absolute atomic E-state index is 0.0880. The molecule has 2 aliphatic rings. The lowest BCUT2D eigenvalue weighted by Gasteiger charge is -2.36. The number of piperidine rings is 1. The van der Waals surface area contributed by atoms with Gasteiger partial charge in [-0.05, 0) is 50.1 Å². The van der Waals surface area contributed by atoms with Crippen molar-refractivity contribution in [3.05, 3.63) is 70.5 Å². The van der Waals surface area contributed by atoms with Gasteiger partial charge in [-0.3, -0.25) is 9.59 Å². The molecule has 0 N–H and O–H groups in total. The van der Waals surface area contributed by atoms with Crippen molar-refractivity contribution in [2.24, 2.45) is 0 Å². The highest BCUT2D eigenvalue weighted by molar-refractivity contribution is 7.89. The van der Waals surface area contributed by atoms with Gasteiger partial charge < -0.3 is 14.4 Å². The lowest BCUT2D eigenvalue weighted by molar-refractivity contribution is 0.0745. The second kappa shape index (κ2) is 10.1. The molecule has 3 aromatic rings. The fourth-order valence-corrected chi connectivity index (χ4v) is 6.73. The van der Waals surface area contributed by atoms with E-state index in [2.05, 4.69) is 17.0 Å². The Morgan fingerprint density at radius 2 is 1.58 bits per heavy atom. The van der Waals surface area contributed by atoms with Crippen LogP contribution in [-0.2, 0) is 16.6 Å². The molecule has 1 amide bonds. The highest BCUT2D eigenvalue weighted by Gasteiger charge is 2.28. The molecule has 9 heteroatoms. The number of aromatic nitrogens is 1. The van der Waals surface area contributed by atoms with Gasteiger partial charge in [-0.25, -0.2) is 8.42 Å². The van der Waals surface area contributed by atoms with Crippen LogP contribution in [0.5, 0.6) is 0 Å². The molecule has 0 atom stereocenters. The molecule has 0 radical (unpaired) electrons. The Labute approximate surface area is 211 Å². The van der Waals surface area contributed by atoms with E-state index in [1.54, 1.807) is 23.2 Å². The van der Waals surface area contributed by atoms with Crippen LogP contribution in [0.3, 0.4) is 0 Å². The predicted molar refractivity (Wildman–Crippen MR) is 141 cm³/mol. The van der Waals surface area contributed by atoms with E-state index in [9.17, 15) is 18.0 Å². The van der Waals surface area contributed by atoms with E-state index in [4.69, 9.17) is 0 Å². The number of rotatable bonds is 5. The van der Waals surface area contributed by atoms with Crippen molar-refractivity contribution < 1.29 is 13.2 Å². The van der Waals surface area contributed by atoms with Crippen LogP contribution >= 0.6 is 0 Å². The van der Waals surface area contributed by atoms with Crippen LogP contribution in [0.4, 0.5) is 5.69 Å². The van der Waals surface area contributed by atoms with Gasteiger partial charge in [0.15, 0.2) is 0 Å². The van der Waals surface area contributed by atoms with Gasteiger partial charge >= 0.3 is 0 Å². The summed E-state index contributed by atoms with van der Waals surface area (Å²) >= 11 is 0. The van der Waals surface area contributed by atoms with E-state index in [-0.39, 0.29) is 21.8 Å². The normalized spacial score (nSPS) is 17.5. The van der Waals surface area contributed by atoms with E-state index in [0.717, 1.165) is 24.9 Å². The smallest absolute Gasteiger partial charge is 0.259 e. The summed E-state index contributed by atoms with van der Waals surface area (Å²) in [5.41, 5.74) is 1.42. The predicted octanol–water partition coefficient (Wildman–Crippen LogP) is 3.16. The average Bonchev–Trinajstić information content (AvgIpc) is 2.94. The standard InChI is InChI=1S/C27H32N4O4S/c1-2-28-20-24(27(33)30-17-15-29(16-18-30)21-9-5-3-6-10-21)26(32)23-19-22(11-12-25(23)28)36(34,35)31-13-7-4-8-14-31/h3,5-6,9-12,19-20H,2,4,7-8,13-18H2,1H3. The molecule has 5 rings (SSSR count). The molecule has 0 saturated carbocycles. The molecule has 0 unspecified atom stereocenters. The van der Waals surface area contributed by atoms with Crippen molar-refractivity contribution in [1.82, 2.24) is 13.8 Å². The Kier molecular flexibility index (Phi) is 6.85. The number of piperazine rings is 1. The summed E-state index contributed by atoms with van der Waals surface area (Å²) < 4.78 is 29.8. The number of anilines is 1. The molecule has 2 aliphatic heterocycles. The third-order valence-corrected chi connectivity index (χ3v) is 9.16. The summed E-state index contributed by atoms with van der Waals surface area (Å²) in [6.45, 7) is 5.88. The number of pyridine rings is 1. The Hall–Kier alpha value is -3.17. The van der Waals surface area contributed by atoms with Gasteiger partial charge in [0.05, 0.1) is 10.4 Å². The van der Waals surface area contributed by atoms with Gasteiger partial charge in [0.25, 0.3) is 5.91 Å². The van der Waals surface area contributed by atoms with Crippen molar-refractivity contribution in [3.8, 4) is 0 Å². The molecule has 2 aromatic carbocycles. The first-order valence-electron chi connectivity index (χ1n) is 12.7. The monoisotopic (exact) mass is 508 g/mol. The molecule has 3 heterocycles. The zero-order chi connectivity index (χ0) is 25.3. The molecule has 0 spiro atoms. The molecule has 8 nitrogen and oxygen atoms in total. The largest absolute Gasteiger partial charge is 0.368 e. The van der Waals surface area contributed by atoms with Crippen LogP contribution in [0.1, 0.15) is 36.5 Å². The lowest BCUT2D eigenvalue weighted by atomic mass is 10.1. The van der Waals surface area contributed by atoms with E-state index in [1.807, 2.05) is 29.7 Å². The van der Waals surface area contributed by atoms with Crippen molar-refractivity contribution in [2.45, 2.75) is 37.6 Å². The third-order valence-electron chi connectivity index (χ3n) is 7.26. The number of fused-ring (bicyclic) bond motifs is 1. The van der Waals surface area contributed by atoms with Crippen molar-refractivity contribution in [2.75, 3.05) is 44.2 Å². The van der Waals surface area contributed by atoms with Gasteiger partial charge in [-0.1, -0.05) is 24.6 Å². The summed E-state index contributed by atoms with van der Waals surface area (Å²) in [6, 6.07) is 14.8. The van der Waals surface area contributed by atoms with Crippen LogP contribution < -0.4 is 10.3 Å². The second-order valence-electron chi connectivity index (χ2n) is 9.42. The van der Waals surface area contributed by atoms with Crippen LogP contribution in [0.2, 0.25) is 0 Å². The van der Waals surface area contributed by atoms with E-state index >= 15 is 0 Å². The topological polar surface area (TPSA) is 82.9 Å². The van der Waals surface area contributed by atoms with Gasteiger partial charge in [-0.15, -0.1) is 0 Å². The van der Waals surface area contributed by atoms with Gasteiger partial charge in [0.1, 0.15) is 5.56 Å². The van der Waals surface area contributed by atoms with Gasteiger partial charge in [0, 0.05) is 63.1 Å². The number of benzene rings is 2. The Bertz CT molecular complexity index is 1420. The van der Waals surface area contributed by atoms with E-state index < -0.39 is 15.5 Å². The molecular formula is C27H32N4O4S. The number of sulfonamides is 1. The third kappa shape index (κ3) is 4.53.